The first-order valence-corrected chi connectivity index (χ1v) is 8.04. The largest absolute Gasteiger partial charge is 0.340 e. The molecule has 0 fully saturated rings. The van der Waals surface area contributed by atoms with E-state index in [2.05, 4.69) is 82.1 Å². The van der Waals surface area contributed by atoms with E-state index in [0.717, 1.165) is 10.9 Å². The maximum absolute atomic E-state index is 5.76. The van der Waals surface area contributed by atoms with Crippen molar-refractivity contribution >= 4 is 26.8 Å². The third kappa shape index (κ3) is 2.76. The van der Waals surface area contributed by atoms with Gasteiger partial charge in [-0.25, -0.2) is 0 Å². The number of nitrogens with two attached hydrogens (primary N) is 1. The van der Waals surface area contributed by atoms with Crippen molar-refractivity contribution in [2.24, 2.45) is 5.73 Å². The zero-order chi connectivity index (χ0) is 14.8. The van der Waals surface area contributed by atoms with Crippen molar-refractivity contribution in [1.29, 1.82) is 0 Å². The van der Waals surface area contributed by atoms with Crippen LogP contribution in [0.25, 0.3) is 10.9 Å². The molecule has 0 amide bonds. The Labute approximate surface area is 133 Å². The summed E-state index contributed by atoms with van der Waals surface area (Å²) in [6.45, 7) is 2.91. The SMILES string of the molecule is CC(c1ccccc1)n1cc(CCN)c2ccc(Br)cc21. The Bertz CT molecular complexity index is 747. The molecule has 1 heterocycles. The quantitative estimate of drug-likeness (QED) is 0.742. The van der Waals surface area contributed by atoms with Gasteiger partial charge in [-0.1, -0.05) is 52.3 Å². The Kier molecular flexibility index (Phi) is 4.13. The van der Waals surface area contributed by atoms with E-state index < -0.39 is 0 Å². The minimum atomic E-state index is 0.300. The fourth-order valence-electron chi connectivity index (χ4n) is 2.86. The lowest BCUT2D eigenvalue weighted by Gasteiger charge is -2.16. The van der Waals surface area contributed by atoms with Gasteiger partial charge in [-0.3, -0.25) is 0 Å². The molecule has 1 atom stereocenters. The lowest BCUT2D eigenvalue weighted by Crippen LogP contribution is -2.05. The summed E-state index contributed by atoms with van der Waals surface area (Å²) >= 11 is 3.58. The molecular formula is C18H19BrN2. The highest BCUT2D eigenvalue weighted by Gasteiger charge is 2.14. The van der Waals surface area contributed by atoms with Crippen LogP contribution in [0.3, 0.4) is 0 Å². The molecule has 0 radical (unpaired) electrons. The van der Waals surface area contributed by atoms with Crippen LogP contribution in [0, 0.1) is 0 Å². The predicted octanol–water partition coefficient (Wildman–Crippen LogP) is 4.51. The number of halogens is 1. The summed E-state index contributed by atoms with van der Waals surface area (Å²) in [7, 11) is 0. The molecule has 3 heteroatoms. The lowest BCUT2D eigenvalue weighted by atomic mass is 10.1. The van der Waals surface area contributed by atoms with Crippen molar-refractivity contribution in [3.8, 4) is 0 Å². The van der Waals surface area contributed by atoms with Crippen molar-refractivity contribution in [2.45, 2.75) is 19.4 Å². The molecule has 21 heavy (non-hydrogen) atoms. The van der Waals surface area contributed by atoms with Gasteiger partial charge in [0.05, 0.1) is 6.04 Å². The van der Waals surface area contributed by atoms with Crippen LogP contribution in [0.5, 0.6) is 0 Å². The Morgan fingerprint density at radius 2 is 1.90 bits per heavy atom. The van der Waals surface area contributed by atoms with Crippen LogP contribution in [0.15, 0.2) is 59.2 Å². The summed E-state index contributed by atoms with van der Waals surface area (Å²) < 4.78 is 3.45. The molecule has 0 aliphatic heterocycles. The third-order valence-electron chi connectivity index (χ3n) is 3.99. The maximum atomic E-state index is 5.76. The van der Waals surface area contributed by atoms with Gasteiger partial charge in [0.15, 0.2) is 0 Å². The molecule has 108 valence electrons. The van der Waals surface area contributed by atoms with E-state index in [1.165, 1.54) is 22.0 Å². The zero-order valence-electron chi connectivity index (χ0n) is 12.1. The van der Waals surface area contributed by atoms with Crippen molar-refractivity contribution < 1.29 is 0 Å². The van der Waals surface area contributed by atoms with Gasteiger partial charge in [-0.15, -0.1) is 0 Å². The Balaban J connectivity index is 2.15. The Morgan fingerprint density at radius 3 is 2.62 bits per heavy atom. The highest BCUT2D eigenvalue weighted by atomic mass is 79.9. The van der Waals surface area contributed by atoms with Gasteiger partial charge in [-0.2, -0.15) is 0 Å². The molecule has 0 saturated carbocycles. The maximum Gasteiger partial charge on any atom is 0.0557 e. The average molecular weight is 343 g/mol. The van der Waals surface area contributed by atoms with E-state index in [1.807, 2.05) is 0 Å². The molecule has 3 rings (SSSR count). The van der Waals surface area contributed by atoms with Crippen molar-refractivity contribution in [2.75, 3.05) is 6.54 Å². The monoisotopic (exact) mass is 342 g/mol. The summed E-state index contributed by atoms with van der Waals surface area (Å²) in [4.78, 5) is 0. The molecule has 0 spiro atoms. The summed E-state index contributed by atoms with van der Waals surface area (Å²) in [5.74, 6) is 0. The number of nitrogens with zero attached hydrogens (tertiary/aromatic N) is 1. The summed E-state index contributed by atoms with van der Waals surface area (Å²) in [6.07, 6.45) is 3.16. The van der Waals surface area contributed by atoms with Crippen molar-refractivity contribution in [1.82, 2.24) is 4.57 Å². The van der Waals surface area contributed by atoms with Crippen LogP contribution < -0.4 is 5.73 Å². The molecule has 1 aromatic heterocycles. The number of hydrogen-bond donors (Lipinski definition) is 1. The van der Waals surface area contributed by atoms with E-state index in [4.69, 9.17) is 5.73 Å². The van der Waals surface area contributed by atoms with Gasteiger partial charge >= 0.3 is 0 Å². The number of aromatic nitrogens is 1. The summed E-state index contributed by atoms with van der Waals surface area (Å²) in [5, 5.41) is 1.30. The normalized spacial score (nSPS) is 12.7. The number of rotatable bonds is 4. The molecule has 0 saturated heterocycles. The van der Waals surface area contributed by atoms with Crippen molar-refractivity contribution in [3.63, 3.8) is 0 Å². The van der Waals surface area contributed by atoms with Gasteiger partial charge < -0.3 is 10.3 Å². The molecule has 2 N–H and O–H groups in total. The smallest absolute Gasteiger partial charge is 0.0557 e. The first kappa shape index (κ1) is 14.4. The third-order valence-corrected chi connectivity index (χ3v) is 4.48. The number of fused-ring (bicyclic) bond motifs is 1. The lowest BCUT2D eigenvalue weighted by molar-refractivity contribution is 0.661. The Hall–Kier alpha value is -1.58. The topological polar surface area (TPSA) is 30.9 Å². The van der Waals surface area contributed by atoms with Gasteiger partial charge in [0.2, 0.25) is 0 Å². The van der Waals surface area contributed by atoms with Crippen LogP contribution in [0.2, 0.25) is 0 Å². The first-order valence-electron chi connectivity index (χ1n) is 7.24. The summed E-state index contributed by atoms with van der Waals surface area (Å²) in [5.41, 5.74) is 9.65. The fraction of sp³-hybridized carbons (Fsp3) is 0.222. The van der Waals surface area contributed by atoms with E-state index >= 15 is 0 Å². The molecule has 2 aromatic carbocycles. The first-order chi connectivity index (χ1) is 10.2. The molecule has 0 bridgehead atoms. The van der Waals surface area contributed by atoms with E-state index in [0.29, 0.717) is 12.6 Å². The Morgan fingerprint density at radius 1 is 1.14 bits per heavy atom. The molecule has 3 aromatic rings. The van der Waals surface area contributed by atoms with Gasteiger partial charge in [0, 0.05) is 21.6 Å². The van der Waals surface area contributed by atoms with Crippen LogP contribution in [-0.2, 0) is 6.42 Å². The van der Waals surface area contributed by atoms with E-state index in [9.17, 15) is 0 Å². The van der Waals surface area contributed by atoms with E-state index in [-0.39, 0.29) is 0 Å². The number of hydrogen-bond acceptors (Lipinski definition) is 1. The second-order valence-electron chi connectivity index (χ2n) is 5.35. The van der Waals surface area contributed by atoms with Crippen LogP contribution in [0.1, 0.15) is 24.1 Å². The van der Waals surface area contributed by atoms with E-state index in [1.54, 1.807) is 0 Å². The highest BCUT2D eigenvalue weighted by Crippen LogP contribution is 2.30. The van der Waals surface area contributed by atoms with Crippen LogP contribution in [0.4, 0.5) is 0 Å². The standard InChI is InChI=1S/C18H19BrN2/c1-13(14-5-3-2-4-6-14)21-12-15(9-10-20)17-8-7-16(19)11-18(17)21/h2-8,11-13H,9-10,20H2,1H3. The van der Waals surface area contributed by atoms with Gasteiger partial charge in [0.25, 0.3) is 0 Å². The second kappa shape index (κ2) is 6.04. The summed E-state index contributed by atoms with van der Waals surface area (Å²) in [6, 6.07) is 17.4. The van der Waals surface area contributed by atoms with Crippen LogP contribution >= 0.6 is 15.9 Å². The zero-order valence-corrected chi connectivity index (χ0v) is 13.7. The van der Waals surface area contributed by atoms with Gasteiger partial charge in [-0.05, 0) is 43.1 Å². The molecular weight excluding hydrogens is 324 g/mol. The minimum Gasteiger partial charge on any atom is -0.340 e. The number of benzene rings is 2. The molecule has 1 unspecified atom stereocenters. The molecule has 2 nitrogen and oxygen atoms in total. The second-order valence-corrected chi connectivity index (χ2v) is 6.26. The minimum absolute atomic E-state index is 0.300. The molecule has 0 aliphatic rings. The fourth-order valence-corrected chi connectivity index (χ4v) is 3.21. The molecule has 0 aliphatic carbocycles. The van der Waals surface area contributed by atoms with Crippen LogP contribution in [-0.4, -0.2) is 11.1 Å². The predicted molar refractivity (Wildman–Crippen MR) is 92.7 cm³/mol. The average Bonchev–Trinajstić information content (AvgIpc) is 2.86. The van der Waals surface area contributed by atoms with Crippen molar-refractivity contribution in [3.05, 3.63) is 70.3 Å². The highest BCUT2D eigenvalue weighted by molar-refractivity contribution is 9.10. The van der Waals surface area contributed by atoms with Gasteiger partial charge in [0.1, 0.15) is 0 Å².